The van der Waals surface area contributed by atoms with Crippen molar-refractivity contribution in [3.05, 3.63) is 0 Å². The van der Waals surface area contributed by atoms with Gasteiger partial charge in [-0.2, -0.15) is 0 Å². The van der Waals surface area contributed by atoms with Gasteiger partial charge in [-0.05, 0) is 46.0 Å². The minimum absolute atomic E-state index is 0.101. The summed E-state index contributed by atoms with van der Waals surface area (Å²) in [5.74, 6) is 0.427. The van der Waals surface area contributed by atoms with Gasteiger partial charge in [-0.1, -0.05) is 13.8 Å². The van der Waals surface area contributed by atoms with Crippen LogP contribution < -0.4 is 16.0 Å². The number of hydrogen-bond donors (Lipinski definition) is 3. The highest BCUT2D eigenvalue weighted by molar-refractivity contribution is 5.75. The molecule has 6 nitrogen and oxygen atoms in total. The fourth-order valence-electron chi connectivity index (χ4n) is 1.92. The molecule has 0 aromatic heterocycles. The average Bonchev–Trinajstić information content (AvgIpc) is 3.06. The third-order valence-electron chi connectivity index (χ3n) is 2.90. The van der Waals surface area contributed by atoms with E-state index in [1.54, 1.807) is 0 Å². The van der Waals surface area contributed by atoms with Gasteiger partial charge in [0.25, 0.3) is 0 Å². The van der Waals surface area contributed by atoms with Crippen molar-refractivity contribution < 1.29 is 14.3 Å². The molecule has 1 rings (SSSR count). The van der Waals surface area contributed by atoms with Crippen LogP contribution in [0, 0.1) is 5.92 Å². The van der Waals surface area contributed by atoms with E-state index in [1.165, 1.54) is 0 Å². The predicted octanol–water partition coefficient (Wildman–Crippen LogP) is 2.39. The monoisotopic (exact) mass is 299 g/mol. The smallest absolute Gasteiger partial charge is 0.407 e. The minimum Gasteiger partial charge on any atom is -0.444 e. The molecule has 1 aliphatic carbocycles. The molecule has 1 fully saturated rings. The number of hydrogen-bond acceptors (Lipinski definition) is 3. The molecule has 0 aromatic carbocycles. The summed E-state index contributed by atoms with van der Waals surface area (Å²) in [5.41, 5.74) is -0.519. The Bertz CT molecular complexity index is 360. The quantitative estimate of drug-likeness (QED) is 0.704. The Kier molecular flexibility index (Phi) is 6.30. The van der Waals surface area contributed by atoms with Gasteiger partial charge in [0.2, 0.25) is 0 Å². The normalized spacial score (nSPS) is 16.3. The van der Waals surface area contributed by atoms with E-state index in [0.717, 1.165) is 19.3 Å². The summed E-state index contributed by atoms with van der Waals surface area (Å²) in [5, 5.41) is 8.52. The molecule has 3 amide bonds. The lowest BCUT2D eigenvalue weighted by Gasteiger charge is -2.23. The number of alkyl carbamates (subject to hydrolysis) is 1. The number of carbonyl (C=O) groups excluding carboxylic acids is 2. The van der Waals surface area contributed by atoms with Crippen molar-refractivity contribution in [1.29, 1.82) is 0 Å². The third-order valence-corrected chi connectivity index (χ3v) is 2.90. The van der Waals surface area contributed by atoms with Crippen molar-refractivity contribution in [2.24, 2.45) is 5.92 Å². The molecule has 0 unspecified atom stereocenters. The van der Waals surface area contributed by atoms with E-state index in [2.05, 4.69) is 29.8 Å². The number of carbonyl (C=O) groups is 2. The Morgan fingerprint density at radius 1 is 1.24 bits per heavy atom. The lowest BCUT2D eigenvalue weighted by Crippen LogP contribution is -2.49. The van der Waals surface area contributed by atoms with E-state index in [-0.39, 0.29) is 12.1 Å². The highest BCUT2D eigenvalue weighted by Gasteiger charge is 2.25. The van der Waals surface area contributed by atoms with Crippen LogP contribution >= 0.6 is 0 Å². The molecule has 0 aliphatic heterocycles. The fraction of sp³-hybridized carbons (Fsp3) is 0.867. The molecular formula is C15H29N3O3. The SMILES string of the molecule is CC(C)C[C@@H](CNC(=O)OC(C)(C)C)NC(=O)NC1CC1. The zero-order valence-electron chi connectivity index (χ0n) is 13.8. The van der Waals surface area contributed by atoms with Crippen molar-refractivity contribution in [3.8, 4) is 0 Å². The fourth-order valence-corrected chi connectivity index (χ4v) is 1.92. The van der Waals surface area contributed by atoms with E-state index >= 15 is 0 Å². The second kappa shape index (κ2) is 7.52. The van der Waals surface area contributed by atoms with Gasteiger partial charge in [-0.3, -0.25) is 0 Å². The van der Waals surface area contributed by atoms with Crippen LogP contribution in [0.4, 0.5) is 9.59 Å². The maximum Gasteiger partial charge on any atom is 0.407 e. The molecule has 1 saturated carbocycles. The molecular weight excluding hydrogens is 270 g/mol. The number of urea groups is 1. The maximum absolute atomic E-state index is 11.8. The van der Waals surface area contributed by atoms with Crippen molar-refractivity contribution in [2.75, 3.05) is 6.54 Å². The first-order valence-corrected chi connectivity index (χ1v) is 7.69. The van der Waals surface area contributed by atoms with Gasteiger partial charge in [0.1, 0.15) is 5.60 Å². The van der Waals surface area contributed by atoms with Crippen LogP contribution in [0.15, 0.2) is 0 Å². The molecule has 6 heteroatoms. The summed E-state index contributed by atoms with van der Waals surface area (Å²) in [6, 6.07) is 0.0638. The van der Waals surface area contributed by atoms with Crippen LogP contribution in [0.3, 0.4) is 0 Å². The molecule has 0 radical (unpaired) electrons. The molecule has 0 bridgehead atoms. The van der Waals surface area contributed by atoms with Crippen LogP contribution in [-0.4, -0.2) is 36.4 Å². The second-order valence-electron chi connectivity index (χ2n) is 7.10. The molecule has 0 heterocycles. The van der Waals surface area contributed by atoms with Crippen molar-refractivity contribution in [1.82, 2.24) is 16.0 Å². The first kappa shape index (κ1) is 17.6. The Morgan fingerprint density at radius 3 is 2.33 bits per heavy atom. The van der Waals surface area contributed by atoms with E-state index in [4.69, 9.17) is 4.74 Å². The van der Waals surface area contributed by atoms with Crippen molar-refractivity contribution in [3.63, 3.8) is 0 Å². The molecule has 1 aliphatic rings. The molecule has 3 N–H and O–H groups in total. The number of rotatable bonds is 6. The van der Waals surface area contributed by atoms with Gasteiger partial charge in [0, 0.05) is 18.6 Å². The predicted molar refractivity (Wildman–Crippen MR) is 82.2 cm³/mol. The highest BCUT2D eigenvalue weighted by Crippen LogP contribution is 2.18. The van der Waals surface area contributed by atoms with Gasteiger partial charge in [-0.15, -0.1) is 0 Å². The van der Waals surface area contributed by atoms with Crippen LogP contribution in [0.1, 0.15) is 53.9 Å². The van der Waals surface area contributed by atoms with Crippen LogP contribution in [0.25, 0.3) is 0 Å². The number of ether oxygens (including phenoxy) is 1. The first-order valence-electron chi connectivity index (χ1n) is 7.69. The standard InChI is InChI=1S/C15H29N3O3/c1-10(2)8-12(18-13(19)17-11-6-7-11)9-16-14(20)21-15(3,4)5/h10-12H,6-9H2,1-5H3,(H,16,20)(H2,17,18,19)/t12-/m0/s1. The van der Waals surface area contributed by atoms with Crippen molar-refractivity contribution in [2.45, 2.75) is 71.6 Å². The Balaban J connectivity index is 2.37. The molecule has 0 spiro atoms. The zero-order valence-corrected chi connectivity index (χ0v) is 13.8. The van der Waals surface area contributed by atoms with E-state index in [9.17, 15) is 9.59 Å². The molecule has 122 valence electrons. The van der Waals surface area contributed by atoms with E-state index in [1.807, 2.05) is 20.8 Å². The Morgan fingerprint density at radius 2 is 1.86 bits per heavy atom. The summed E-state index contributed by atoms with van der Waals surface area (Å²) in [6.07, 6.45) is 2.45. The highest BCUT2D eigenvalue weighted by atomic mass is 16.6. The van der Waals surface area contributed by atoms with Gasteiger partial charge in [0.15, 0.2) is 0 Å². The molecule has 1 atom stereocenters. The molecule has 0 aromatic rings. The zero-order chi connectivity index (χ0) is 16.0. The lowest BCUT2D eigenvalue weighted by atomic mass is 10.0. The summed E-state index contributed by atoms with van der Waals surface area (Å²) in [4.78, 5) is 23.5. The van der Waals surface area contributed by atoms with E-state index < -0.39 is 11.7 Å². The molecule has 0 saturated heterocycles. The van der Waals surface area contributed by atoms with Gasteiger partial charge in [0.05, 0.1) is 0 Å². The first-order chi connectivity index (χ1) is 9.65. The largest absolute Gasteiger partial charge is 0.444 e. The van der Waals surface area contributed by atoms with Crippen molar-refractivity contribution >= 4 is 12.1 Å². The van der Waals surface area contributed by atoms with Crippen LogP contribution in [0.5, 0.6) is 0 Å². The number of nitrogens with one attached hydrogen (secondary N) is 3. The van der Waals surface area contributed by atoms with E-state index in [0.29, 0.717) is 18.5 Å². The van der Waals surface area contributed by atoms with Crippen LogP contribution in [-0.2, 0) is 4.74 Å². The molecule has 21 heavy (non-hydrogen) atoms. The third kappa shape index (κ3) is 9.15. The minimum atomic E-state index is -0.519. The topological polar surface area (TPSA) is 79.5 Å². The van der Waals surface area contributed by atoms with Gasteiger partial charge < -0.3 is 20.7 Å². The van der Waals surface area contributed by atoms with Gasteiger partial charge >= 0.3 is 12.1 Å². The van der Waals surface area contributed by atoms with Gasteiger partial charge in [-0.25, -0.2) is 9.59 Å². The summed E-state index contributed by atoms with van der Waals surface area (Å²) < 4.78 is 5.19. The lowest BCUT2D eigenvalue weighted by molar-refractivity contribution is 0.0521. The Labute approximate surface area is 127 Å². The maximum atomic E-state index is 11.8. The summed E-state index contributed by atoms with van der Waals surface area (Å²) in [7, 11) is 0. The Hall–Kier alpha value is -1.46. The second-order valence-corrected chi connectivity index (χ2v) is 7.10. The average molecular weight is 299 g/mol. The van der Waals surface area contributed by atoms with Crippen LogP contribution in [0.2, 0.25) is 0 Å². The summed E-state index contributed by atoms with van der Waals surface area (Å²) >= 11 is 0. The summed E-state index contributed by atoms with van der Waals surface area (Å²) in [6.45, 7) is 9.99. The number of amides is 3.